The van der Waals surface area contributed by atoms with Gasteiger partial charge in [-0.25, -0.2) is 0 Å². The maximum absolute atomic E-state index is 5.74. The van der Waals surface area contributed by atoms with E-state index in [1.54, 1.807) is 7.11 Å². The minimum absolute atomic E-state index is 0.136. The van der Waals surface area contributed by atoms with E-state index in [1.165, 1.54) is 5.56 Å². The van der Waals surface area contributed by atoms with Crippen LogP contribution in [0.3, 0.4) is 0 Å². The van der Waals surface area contributed by atoms with E-state index in [9.17, 15) is 0 Å². The van der Waals surface area contributed by atoms with E-state index in [0.717, 1.165) is 18.5 Å². The molecule has 20 heavy (non-hydrogen) atoms. The molecule has 0 saturated heterocycles. The highest BCUT2D eigenvalue weighted by atomic mass is 16.5. The number of hydrogen-bond donors (Lipinski definition) is 1. The predicted molar refractivity (Wildman–Crippen MR) is 75.2 cm³/mol. The van der Waals surface area contributed by atoms with Gasteiger partial charge in [0.25, 0.3) is 0 Å². The smallest absolute Gasteiger partial charge is 0.237 e. The van der Waals surface area contributed by atoms with Crippen molar-refractivity contribution in [3.05, 3.63) is 41.5 Å². The van der Waals surface area contributed by atoms with Crippen molar-refractivity contribution in [1.29, 1.82) is 0 Å². The summed E-state index contributed by atoms with van der Waals surface area (Å²) in [7, 11) is 1.64. The molecule has 2 aromatic rings. The van der Waals surface area contributed by atoms with Gasteiger partial charge in [-0.1, -0.05) is 17.3 Å². The molecule has 5 nitrogen and oxygen atoms in total. The summed E-state index contributed by atoms with van der Waals surface area (Å²) in [5.41, 5.74) is 7.00. The molecule has 1 aliphatic carbocycles. The lowest BCUT2D eigenvalue weighted by Gasteiger charge is -2.17. The topological polar surface area (TPSA) is 74.2 Å². The molecule has 0 bridgehead atoms. The third kappa shape index (κ3) is 1.98. The zero-order valence-electron chi connectivity index (χ0n) is 12.0. The van der Waals surface area contributed by atoms with Gasteiger partial charge in [0.05, 0.1) is 5.41 Å². The van der Waals surface area contributed by atoms with Gasteiger partial charge in [0.1, 0.15) is 5.60 Å². The Morgan fingerprint density at radius 3 is 2.45 bits per heavy atom. The molecule has 0 radical (unpaired) electrons. The van der Waals surface area contributed by atoms with Crippen molar-refractivity contribution in [3.63, 3.8) is 0 Å². The number of rotatable bonds is 4. The van der Waals surface area contributed by atoms with E-state index in [2.05, 4.69) is 10.1 Å². The van der Waals surface area contributed by atoms with Gasteiger partial charge in [-0.2, -0.15) is 4.98 Å². The maximum Gasteiger partial charge on any atom is 0.237 e. The Labute approximate surface area is 118 Å². The standard InChI is InChI=1S/C15H19N3O2/c1-14(2,19-3)12-17-13(20-18-12)15(8-9-15)10-4-6-11(16)7-5-10/h4-7H,8-9,16H2,1-3H3. The van der Waals surface area contributed by atoms with Crippen molar-refractivity contribution >= 4 is 5.69 Å². The number of benzene rings is 1. The van der Waals surface area contributed by atoms with Crippen LogP contribution >= 0.6 is 0 Å². The molecular formula is C15H19N3O2. The monoisotopic (exact) mass is 273 g/mol. The Kier molecular flexibility index (Phi) is 2.83. The molecule has 1 heterocycles. The number of ether oxygens (including phenoxy) is 1. The molecular weight excluding hydrogens is 254 g/mol. The van der Waals surface area contributed by atoms with Crippen LogP contribution in [-0.2, 0) is 15.8 Å². The summed E-state index contributed by atoms with van der Waals surface area (Å²) >= 11 is 0. The quantitative estimate of drug-likeness (QED) is 0.867. The molecule has 106 valence electrons. The highest BCUT2D eigenvalue weighted by molar-refractivity contribution is 5.46. The van der Waals surface area contributed by atoms with E-state index >= 15 is 0 Å². The summed E-state index contributed by atoms with van der Waals surface area (Å²) in [6.07, 6.45) is 2.04. The lowest BCUT2D eigenvalue weighted by Crippen LogP contribution is -2.21. The summed E-state index contributed by atoms with van der Waals surface area (Å²) in [5, 5.41) is 4.07. The fraction of sp³-hybridized carbons (Fsp3) is 0.467. The third-order valence-corrected chi connectivity index (χ3v) is 4.10. The van der Waals surface area contributed by atoms with Crippen molar-refractivity contribution in [2.75, 3.05) is 12.8 Å². The summed E-state index contributed by atoms with van der Waals surface area (Å²) in [5.74, 6) is 1.25. The fourth-order valence-corrected chi connectivity index (χ4v) is 2.31. The van der Waals surface area contributed by atoms with Crippen LogP contribution in [0.4, 0.5) is 5.69 Å². The van der Waals surface area contributed by atoms with Crippen molar-refractivity contribution in [3.8, 4) is 0 Å². The summed E-state index contributed by atoms with van der Waals surface area (Å²) in [6, 6.07) is 7.89. The number of methoxy groups -OCH3 is 1. The molecule has 5 heteroatoms. The zero-order chi connectivity index (χ0) is 14.4. The van der Waals surface area contributed by atoms with Crippen LogP contribution in [0.5, 0.6) is 0 Å². The van der Waals surface area contributed by atoms with Crippen molar-refractivity contribution < 1.29 is 9.26 Å². The van der Waals surface area contributed by atoms with Crippen LogP contribution in [-0.4, -0.2) is 17.3 Å². The maximum atomic E-state index is 5.74. The largest absolute Gasteiger partial charge is 0.399 e. The SMILES string of the molecule is COC(C)(C)c1noc(C2(c3ccc(N)cc3)CC2)n1. The molecule has 3 rings (SSSR count). The van der Waals surface area contributed by atoms with Crippen LogP contribution in [0.15, 0.2) is 28.8 Å². The molecule has 1 fully saturated rings. The summed E-state index contributed by atoms with van der Waals surface area (Å²) in [4.78, 5) is 4.55. The number of nitrogens with zero attached hydrogens (tertiary/aromatic N) is 2. The summed E-state index contributed by atoms with van der Waals surface area (Å²) in [6.45, 7) is 3.84. The van der Waals surface area contributed by atoms with Gasteiger partial charge in [0.15, 0.2) is 0 Å². The van der Waals surface area contributed by atoms with Crippen LogP contribution in [0.1, 0.15) is 44.0 Å². The molecule has 0 aliphatic heterocycles. The highest BCUT2D eigenvalue weighted by Crippen LogP contribution is 2.53. The second-order valence-electron chi connectivity index (χ2n) is 5.84. The predicted octanol–water partition coefficient (Wildman–Crippen LogP) is 2.61. The molecule has 1 aliphatic rings. The zero-order valence-corrected chi connectivity index (χ0v) is 12.0. The van der Waals surface area contributed by atoms with Gasteiger partial charge in [0, 0.05) is 12.8 Å². The van der Waals surface area contributed by atoms with E-state index in [4.69, 9.17) is 15.0 Å². The Morgan fingerprint density at radius 1 is 1.25 bits per heavy atom. The number of nitrogen functional groups attached to an aromatic ring is 1. The first kappa shape index (κ1) is 13.1. The Balaban J connectivity index is 1.95. The first-order chi connectivity index (χ1) is 9.48. The molecule has 1 aromatic carbocycles. The minimum atomic E-state index is -0.543. The summed E-state index contributed by atoms with van der Waals surface area (Å²) < 4.78 is 10.9. The van der Waals surface area contributed by atoms with Gasteiger partial charge in [-0.05, 0) is 44.4 Å². The van der Waals surface area contributed by atoms with Gasteiger partial charge >= 0.3 is 0 Å². The van der Waals surface area contributed by atoms with E-state index in [0.29, 0.717) is 11.7 Å². The fourth-order valence-electron chi connectivity index (χ4n) is 2.31. The molecule has 2 N–H and O–H groups in total. The molecule has 0 amide bonds. The first-order valence-electron chi connectivity index (χ1n) is 6.74. The van der Waals surface area contributed by atoms with Crippen molar-refractivity contribution in [2.45, 2.75) is 37.7 Å². The molecule has 0 atom stereocenters. The molecule has 0 spiro atoms. The van der Waals surface area contributed by atoms with Crippen LogP contribution in [0, 0.1) is 0 Å². The van der Waals surface area contributed by atoms with Crippen molar-refractivity contribution in [1.82, 2.24) is 10.1 Å². The number of aromatic nitrogens is 2. The van der Waals surface area contributed by atoms with Crippen LogP contribution in [0.2, 0.25) is 0 Å². The van der Waals surface area contributed by atoms with Gasteiger partial charge in [-0.15, -0.1) is 0 Å². The lowest BCUT2D eigenvalue weighted by atomic mass is 9.95. The van der Waals surface area contributed by atoms with E-state index < -0.39 is 5.60 Å². The third-order valence-electron chi connectivity index (χ3n) is 4.10. The van der Waals surface area contributed by atoms with E-state index in [1.807, 2.05) is 38.1 Å². The second kappa shape index (κ2) is 4.31. The van der Waals surface area contributed by atoms with Crippen LogP contribution < -0.4 is 5.73 Å². The van der Waals surface area contributed by atoms with Crippen molar-refractivity contribution in [2.24, 2.45) is 0 Å². The normalized spacial score (nSPS) is 17.1. The Hall–Kier alpha value is -1.88. The average Bonchev–Trinajstić information content (AvgIpc) is 3.08. The second-order valence-corrected chi connectivity index (χ2v) is 5.84. The Bertz CT molecular complexity index is 612. The molecule has 1 saturated carbocycles. The minimum Gasteiger partial charge on any atom is -0.399 e. The Morgan fingerprint density at radius 2 is 1.90 bits per heavy atom. The van der Waals surface area contributed by atoms with Gasteiger partial charge in [-0.3, -0.25) is 0 Å². The van der Waals surface area contributed by atoms with Gasteiger partial charge < -0.3 is 15.0 Å². The highest BCUT2D eigenvalue weighted by Gasteiger charge is 2.51. The number of nitrogens with two attached hydrogens (primary N) is 1. The number of anilines is 1. The average molecular weight is 273 g/mol. The van der Waals surface area contributed by atoms with Crippen LogP contribution in [0.25, 0.3) is 0 Å². The molecule has 0 unspecified atom stereocenters. The molecule has 1 aromatic heterocycles. The van der Waals surface area contributed by atoms with E-state index in [-0.39, 0.29) is 5.41 Å². The number of hydrogen-bond acceptors (Lipinski definition) is 5. The lowest BCUT2D eigenvalue weighted by molar-refractivity contribution is 0.00973. The first-order valence-corrected chi connectivity index (χ1v) is 6.74. The van der Waals surface area contributed by atoms with Gasteiger partial charge in [0.2, 0.25) is 11.7 Å².